The number of ether oxygens (including phenoxy) is 2. The van der Waals surface area contributed by atoms with E-state index in [9.17, 15) is 0 Å². The molecule has 1 aliphatic rings. The number of hydrogen-bond donors (Lipinski definition) is 0. The molecule has 0 aliphatic heterocycles. The summed E-state index contributed by atoms with van der Waals surface area (Å²) in [6.45, 7) is 0. The molecule has 1 aromatic carbocycles. The van der Waals surface area contributed by atoms with E-state index >= 15 is 0 Å². The monoisotopic (exact) mass is 216 g/mol. The minimum absolute atomic E-state index is 0.344. The highest BCUT2D eigenvalue weighted by Crippen LogP contribution is 2.34. The number of benzene rings is 1. The van der Waals surface area contributed by atoms with Gasteiger partial charge in [-0.1, -0.05) is 30.3 Å². The molecule has 0 heterocycles. The molecule has 0 saturated heterocycles. The molecule has 2 rings (SSSR count). The zero-order valence-corrected chi connectivity index (χ0v) is 9.64. The van der Waals surface area contributed by atoms with Gasteiger partial charge in [0.1, 0.15) is 11.4 Å². The number of hydrogen-bond acceptors (Lipinski definition) is 2. The molecule has 0 spiro atoms. The molecule has 0 amide bonds. The van der Waals surface area contributed by atoms with Gasteiger partial charge in [0, 0.05) is 13.5 Å². The topological polar surface area (TPSA) is 18.5 Å². The summed E-state index contributed by atoms with van der Waals surface area (Å²) >= 11 is 0. The minimum atomic E-state index is -0.344. The standard InChI is InChI=1S/C14H16O2/c1-15-13-8-10-14(16-2,11-9-13)12-6-4-3-5-7-12/h3-10H,11H2,1-2H3. The second-order valence-corrected chi connectivity index (χ2v) is 3.81. The summed E-state index contributed by atoms with van der Waals surface area (Å²) < 4.78 is 10.9. The van der Waals surface area contributed by atoms with Gasteiger partial charge in [0.05, 0.1) is 7.11 Å². The van der Waals surface area contributed by atoms with E-state index in [1.807, 2.05) is 24.3 Å². The lowest BCUT2D eigenvalue weighted by Gasteiger charge is -2.31. The molecule has 0 aromatic heterocycles. The first-order valence-corrected chi connectivity index (χ1v) is 5.35. The molecule has 1 aliphatic carbocycles. The number of rotatable bonds is 3. The summed E-state index contributed by atoms with van der Waals surface area (Å²) in [6, 6.07) is 10.2. The molecule has 2 heteroatoms. The molecular weight excluding hydrogens is 200 g/mol. The van der Waals surface area contributed by atoms with E-state index in [4.69, 9.17) is 9.47 Å². The van der Waals surface area contributed by atoms with E-state index in [0.29, 0.717) is 0 Å². The maximum atomic E-state index is 5.67. The van der Waals surface area contributed by atoms with Gasteiger partial charge in [0.25, 0.3) is 0 Å². The molecular formula is C14H16O2. The summed E-state index contributed by atoms with van der Waals surface area (Å²) in [5, 5.41) is 0. The van der Waals surface area contributed by atoms with Crippen molar-refractivity contribution in [2.24, 2.45) is 0 Å². The fourth-order valence-electron chi connectivity index (χ4n) is 1.96. The first-order valence-electron chi connectivity index (χ1n) is 5.35. The molecule has 0 saturated carbocycles. The third-order valence-electron chi connectivity index (χ3n) is 2.99. The summed E-state index contributed by atoms with van der Waals surface area (Å²) in [6.07, 6.45) is 6.87. The Morgan fingerprint density at radius 2 is 1.88 bits per heavy atom. The summed E-state index contributed by atoms with van der Waals surface area (Å²) in [5.41, 5.74) is 0.823. The van der Waals surface area contributed by atoms with Crippen LogP contribution in [0.1, 0.15) is 12.0 Å². The molecule has 0 N–H and O–H groups in total. The number of methoxy groups -OCH3 is 2. The zero-order valence-electron chi connectivity index (χ0n) is 9.64. The van der Waals surface area contributed by atoms with Crippen LogP contribution < -0.4 is 0 Å². The van der Waals surface area contributed by atoms with Crippen LogP contribution >= 0.6 is 0 Å². The Kier molecular flexibility index (Phi) is 3.11. The maximum Gasteiger partial charge on any atom is 0.115 e. The van der Waals surface area contributed by atoms with Crippen molar-refractivity contribution in [1.29, 1.82) is 0 Å². The van der Waals surface area contributed by atoms with Gasteiger partial charge in [-0.2, -0.15) is 0 Å². The van der Waals surface area contributed by atoms with E-state index in [1.165, 1.54) is 5.56 Å². The van der Waals surface area contributed by atoms with Crippen LogP contribution in [0.5, 0.6) is 0 Å². The number of allylic oxidation sites excluding steroid dienone is 1. The van der Waals surface area contributed by atoms with Gasteiger partial charge < -0.3 is 9.47 Å². The van der Waals surface area contributed by atoms with Gasteiger partial charge in [-0.25, -0.2) is 0 Å². The van der Waals surface area contributed by atoms with Crippen molar-refractivity contribution < 1.29 is 9.47 Å². The molecule has 1 aromatic rings. The van der Waals surface area contributed by atoms with Crippen LogP contribution in [0, 0.1) is 0 Å². The lowest BCUT2D eigenvalue weighted by Crippen LogP contribution is -2.27. The van der Waals surface area contributed by atoms with Crippen molar-refractivity contribution in [3.63, 3.8) is 0 Å². The Bertz CT molecular complexity index is 406. The van der Waals surface area contributed by atoms with Crippen molar-refractivity contribution in [2.45, 2.75) is 12.0 Å². The highest BCUT2D eigenvalue weighted by Gasteiger charge is 2.30. The third-order valence-corrected chi connectivity index (χ3v) is 2.99. The predicted octanol–water partition coefficient (Wildman–Crippen LogP) is 3.02. The quantitative estimate of drug-likeness (QED) is 0.773. The Morgan fingerprint density at radius 3 is 2.38 bits per heavy atom. The van der Waals surface area contributed by atoms with Crippen molar-refractivity contribution >= 4 is 0 Å². The van der Waals surface area contributed by atoms with Crippen molar-refractivity contribution in [2.75, 3.05) is 14.2 Å². The largest absolute Gasteiger partial charge is 0.497 e. The average molecular weight is 216 g/mol. The van der Waals surface area contributed by atoms with E-state index < -0.39 is 0 Å². The summed E-state index contributed by atoms with van der Waals surface area (Å²) in [5.74, 6) is 0.892. The Labute approximate surface area is 96.2 Å². The summed E-state index contributed by atoms with van der Waals surface area (Å²) in [7, 11) is 3.42. The highest BCUT2D eigenvalue weighted by atomic mass is 16.5. The molecule has 1 atom stereocenters. The second kappa shape index (κ2) is 4.54. The Morgan fingerprint density at radius 1 is 1.12 bits per heavy atom. The fourth-order valence-corrected chi connectivity index (χ4v) is 1.96. The fraction of sp³-hybridized carbons (Fsp3) is 0.286. The second-order valence-electron chi connectivity index (χ2n) is 3.81. The van der Waals surface area contributed by atoms with Crippen LogP contribution in [0.15, 0.2) is 54.3 Å². The summed E-state index contributed by atoms with van der Waals surface area (Å²) in [4.78, 5) is 0. The van der Waals surface area contributed by atoms with E-state index in [1.54, 1.807) is 14.2 Å². The minimum Gasteiger partial charge on any atom is -0.497 e. The maximum absolute atomic E-state index is 5.67. The molecule has 0 radical (unpaired) electrons. The van der Waals surface area contributed by atoms with Crippen molar-refractivity contribution in [3.05, 3.63) is 59.9 Å². The normalized spacial score (nSPS) is 24.0. The smallest absolute Gasteiger partial charge is 0.115 e. The molecule has 84 valence electrons. The van der Waals surface area contributed by atoms with Gasteiger partial charge >= 0.3 is 0 Å². The van der Waals surface area contributed by atoms with Crippen LogP contribution in [-0.4, -0.2) is 14.2 Å². The molecule has 1 unspecified atom stereocenters. The van der Waals surface area contributed by atoms with Crippen LogP contribution in [0.4, 0.5) is 0 Å². The zero-order chi connectivity index (χ0) is 11.4. The van der Waals surface area contributed by atoms with Gasteiger partial charge in [0.15, 0.2) is 0 Å². The Balaban J connectivity index is 2.31. The van der Waals surface area contributed by atoms with Gasteiger partial charge in [-0.15, -0.1) is 0 Å². The van der Waals surface area contributed by atoms with Crippen LogP contribution in [0.25, 0.3) is 0 Å². The molecule has 0 fully saturated rings. The van der Waals surface area contributed by atoms with Crippen molar-refractivity contribution in [1.82, 2.24) is 0 Å². The molecule has 2 nitrogen and oxygen atoms in total. The molecule has 16 heavy (non-hydrogen) atoms. The first kappa shape index (κ1) is 11.0. The third kappa shape index (κ3) is 1.89. The van der Waals surface area contributed by atoms with Gasteiger partial charge in [-0.05, 0) is 23.8 Å². The lowest BCUT2D eigenvalue weighted by atomic mass is 9.87. The van der Waals surface area contributed by atoms with Crippen LogP contribution in [0.3, 0.4) is 0 Å². The predicted molar refractivity (Wildman–Crippen MR) is 64.0 cm³/mol. The average Bonchev–Trinajstić information content (AvgIpc) is 2.40. The van der Waals surface area contributed by atoms with E-state index in [2.05, 4.69) is 24.3 Å². The van der Waals surface area contributed by atoms with E-state index in [0.717, 1.165) is 12.2 Å². The van der Waals surface area contributed by atoms with Crippen LogP contribution in [0.2, 0.25) is 0 Å². The highest BCUT2D eigenvalue weighted by molar-refractivity contribution is 5.34. The van der Waals surface area contributed by atoms with Crippen LogP contribution in [-0.2, 0) is 15.1 Å². The van der Waals surface area contributed by atoms with Gasteiger partial charge in [-0.3, -0.25) is 0 Å². The molecule has 0 bridgehead atoms. The first-order chi connectivity index (χ1) is 7.80. The SMILES string of the molecule is COC1=CCC(OC)(c2ccccc2)C=C1. The van der Waals surface area contributed by atoms with Crippen molar-refractivity contribution in [3.8, 4) is 0 Å². The Hall–Kier alpha value is -1.54. The van der Waals surface area contributed by atoms with E-state index in [-0.39, 0.29) is 5.60 Å². The lowest BCUT2D eigenvalue weighted by molar-refractivity contribution is 0.0288. The van der Waals surface area contributed by atoms with Gasteiger partial charge in [0.2, 0.25) is 0 Å².